The molecular formula is C26H26N2O6. The highest BCUT2D eigenvalue weighted by Gasteiger charge is 2.41. The normalized spacial score (nSPS) is 19.2. The fraction of sp³-hybridized carbons (Fsp3) is 0.308. The number of rotatable bonds is 5. The van der Waals surface area contributed by atoms with Crippen LogP contribution in [0, 0.1) is 6.92 Å². The molecule has 0 amide bonds. The number of nitrogens with one attached hydrogen (secondary N) is 1. The van der Waals surface area contributed by atoms with Crippen molar-refractivity contribution in [2.24, 2.45) is 0 Å². The van der Waals surface area contributed by atoms with E-state index in [1.165, 1.54) is 7.11 Å². The molecule has 0 radical (unpaired) electrons. The number of nitrogens with zero attached hydrogens (tertiary/aromatic N) is 1. The Labute approximate surface area is 197 Å². The van der Waals surface area contributed by atoms with E-state index in [-0.39, 0.29) is 23.4 Å². The summed E-state index contributed by atoms with van der Waals surface area (Å²) in [5, 5.41) is 17.6. The number of phenolic OH excluding ortho intramolecular Hbond substituents is 1. The van der Waals surface area contributed by atoms with Gasteiger partial charge in [0.25, 0.3) is 0 Å². The number of anilines is 1. The average Bonchev–Trinajstić information content (AvgIpc) is 3.22. The van der Waals surface area contributed by atoms with Gasteiger partial charge in [0, 0.05) is 23.6 Å². The highest BCUT2D eigenvalue weighted by molar-refractivity contribution is 6.01. The van der Waals surface area contributed by atoms with Crippen LogP contribution in [0.25, 0.3) is 0 Å². The van der Waals surface area contributed by atoms with E-state index >= 15 is 0 Å². The Kier molecular flexibility index (Phi) is 5.43. The first-order valence-corrected chi connectivity index (χ1v) is 11.0. The number of hydrogen-bond acceptors (Lipinski definition) is 8. The molecule has 0 bridgehead atoms. The molecule has 1 aliphatic carbocycles. The van der Waals surface area contributed by atoms with Crippen LogP contribution >= 0.6 is 0 Å². The monoisotopic (exact) mass is 462 g/mol. The number of carbonyl (C=O) groups is 1. The van der Waals surface area contributed by atoms with Gasteiger partial charge < -0.3 is 29.2 Å². The lowest BCUT2D eigenvalue weighted by Crippen LogP contribution is -2.29. The number of benzene rings is 2. The molecule has 2 heterocycles. The first-order chi connectivity index (χ1) is 16.4. The van der Waals surface area contributed by atoms with Crippen LogP contribution in [0.2, 0.25) is 0 Å². The van der Waals surface area contributed by atoms with E-state index in [1.54, 1.807) is 26.4 Å². The molecule has 2 unspecified atom stereocenters. The number of carbonyl (C=O) groups excluding carboxylic acids is 1. The first kappa shape index (κ1) is 21.9. The van der Waals surface area contributed by atoms with Crippen LogP contribution in [0.15, 0.2) is 52.2 Å². The Morgan fingerprint density at radius 1 is 0.971 bits per heavy atom. The van der Waals surface area contributed by atoms with Crippen molar-refractivity contribution in [2.75, 3.05) is 26.6 Å². The number of methoxy groups -OCH3 is 3. The second-order valence-electron chi connectivity index (χ2n) is 8.54. The summed E-state index contributed by atoms with van der Waals surface area (Å²) in [5.41, 5.74) is 4.88. The fourth-order valence-electron chi connectivity index (χ4n) is 5.02. The molecule has 1 aliphatic heterocycles. The van der Waals surface area contributed by atoms with Gasteiger partial charge >= 0.3 is 0 Å². The number of hydrogen-bond donors (Lipinski definition) is 2. The second-order valence-corrected chi connectivity index (χ2v) is 8.54. The number of aromatic nitrogens is 1. The lowest BCUT2D eigenvalue weighted by molar-refractivity contribution is -0.116. The van der Waals surface area contributed by atoms with Crippen molar-refractivity contribution in [1.82, 2.24) is 5.16 Å². The Balaban J connectivity index is 1.59. The van der Waals surface area contributed by atoms with Crippen molar-refractivity contribution in [3.05, 3.63) is 70.1 Å². The summed E-state index contributed by atoms with van der Waals surface area (Å²) in [6.45, 7) is 1.86. The molecule has 34 heavy (non-hydrogen) atoms. The van der Waals surface area contributed by atoms with Gasteiger partial charge in [-0.1, -0.05) is 17.3 Å². The molecule has 1 aromatic heterocycles. The zero-order chi connectivity index (χ0) is 24.0. The third kappa shape index (κ3) is 3.46. The lowest BCUT2D eigenvalue weighted by Gasteiger charge is -2.34. The molecule has 2 aromatic carbocycles. The van der Waals surface area contributed by atoms with Gasteiger partial charge in [-0.3, -0.25) is 4.79 Å². The zero-order valence-corrected chi connectivity index (χ0v) is 19.5. The van der Waals surface area contributed by atoms with Gasteiger partial charge in [0.1, 0.15) is 0 Å². The van der Waals surface area contributed by atoms with Crippen molar-refractivity contribution in [3.8, 4) is 23.0 Å². The van der Waals surface area contributed by atoms with Crippen LogP contribution in [0.3, 0.4) is 0 Å². The van der Waals surface area contributed by atoms with E-state index in [1.807, 2.05) is 31.2 Å². The number of Topliss-reactive ketones (excluding diaryl/α,β-unsaturated/α-hetero) is 1. The van der Waals surface area contributed by atoms with Crippen molar-refractivity contribution in [2.45, 2.75) is 31.6 Å². The van der Waals surface area contributed by atoms with Crippen molar-refractivity contribution >= 4 is 11.7 Å². The summed E-state index contributed by atoms with van der Waals surface area (Å²) in [7, 11) is 4.70. The van der Waals surface area contributed by atoms with Gasteiger partial charge in [-0.05, 0) is 54.7 Å². The van der Waals surface area contributed by atoms with Gasteiger partial charge in [-0.2, -0.15) is 0 Å². The third-order valence-electron chi connectivity index (χ3n) is 6.67. The number of aryl methyl sites for hydroxylation is 1. The molecule has 5 rings (SSSR count). The smallest absolute Gasteiger partial charge is 0.233 e. The SMILES string of the molecule is COc1cc(C2C3=C(CC(c4ccc(OC)c(OC)c4)CC3=O)Nc3onc(C)c32)ccc1O. The van der Waals surface area contributed by atoms with Crippen molar-refractivity contribution in [3.63, 3.8) is 0 Å². The average molecular weight is 463 g/mol. The maximum absolute atomic E-state index is 13.7. The zero-order valence-electron chi connectivity index (χ0n) is 19.5. The van der Waals surface area contributed by atoms with Gasteiger partial charge in [-0.15, -0.1) is 0 Å². The summed E-state index contributed by atoms with van der Waals surface area (Å²) in [4.78, 5) is 13.7. The van der Waals surface area contributed by atoms with E-state index in [9.17, 15) is 9.90 Å². The van der Waals surface area contributed by atoms with E-state index in [4.69, 9.17) is 18.7 Å². The maximum atomic E-state index is 13.7. The van der Waals surface area contributed by atoms with Gasteiger partial charge in [-0.25, -0.2) is 0 Å². The first-order valence-electron chi connectivity index (χ1n) is 11.0. The highest BCUT2D eigenvalue weighted by Crippen LogP contribution is 2.50. The third-order valence-corrected chi connectivity index (χ3v) is 6.67. The van der Waals surface area contributed by atoms with E-state index < -0.39 is 0 Å². The number of allylic oxidation sites excluding steroid dienone is 2. The Morgan fingerprint density at radius 2 is 1.68 bits per heavy atom. The minimum atomic E-state index is -0.370. The van der Waals surface area contributed by atoms with E-state index in [0.29, 0.717) is 47.2 Å². The summed E-state index contributed by atoms with van der Waals surface area (Å²) < 4.78 is 21.7. The quantitative estimate of drug-likeness (QED) is 0.564. The molecule has 0 saturated carbocycles. The summed E-state index contributed by atoms with van der Waals surface area (Å²) in [6.07, 6.45) is 0.989. The fourth-order valence-corrected chi connectivity index (χ4v) is 5.02. The molecule has 8 heteroatoms. The van der Waals surface area contributed by atoms with E-state index in [2.05, 4.69) is 10.5 Å². The molecule has 0 saturated heterocycles. The molecule has 176 valence electrons. The van der Waals surface area contributed by atoms with Crippen LogP contribution in [0.5, 0.6) is 23.0 Å². The van der Waals surface area contributed by atoms with Crippen LogP contribution in [-0.2, 0) is 4.79 Å². The van der Waals surface area contributed by atoms with Gasteiger partial charge in [0.15, 0.2) is 28.8 Å². The number of fused-ring (bicyclic) bond motifs is 1. The highest BCUT2D eigenvalue weighted by atomic mass is 16.5. The molecule has 2 N–H and O–H groups in total. The lowest BCUT2D eigenvalue weighted by atomic mass is 9.72. The number of aromatic hydroxyl groups is 1. The topological polar surface area (TPSA) is 103 Å². The van der Waals surface area contributed by atoms with Crippen molar-refractivity contribution in [1.29, 1.82) is 0 Å². The number of ether oxygens (including phenoxy) is 3. The second kappa shape index (κ2) is 8.44. The largest absolute Gasteiger partial charge is 0.504 e. The molecule has 8 nitrogen and oxygen atoms in total. The van der Waals surface area contributed by atoms with Crippen LogP contribution in [-0.4, -0.2) is 37.4 Å². The van der Waals surface area contributed by atoms with Crippen LogP contribution in [0.1, 0.15) is 47.1 Å². The molecule has 0 fully saturated rings. The van der Waals surface area contributed by atoms with Crippen LogP contribution < -0.4 is 19.5 Å². The minimum absolute atomic E-state index is 0.0286. The van der Waals surface area contributed by atoms with Crippen LogP contribution in [0.4, 0.5) is 5.88 Å². The van der Waals surface area contributed by atoms with Gasteiger partial charge in [0.05, 0.1) is 32.6 Å². The molecule has 3 aromatic rings. The Hall–Kier alpha value is -3.94. The number of phenols is 1. The molecular weight excluding hydrogens is 436 g/mol. The summed E-state index contributed by atoms with van der Waals surface area (Å²) in [6, 6.07) is 10.9. The summed E-state index contributed by atoms with van der Waals surface area (Å²) >= 11 is 0. The molecule has 0 spiro atoms. The standard InChI is InChI=1S/C26H26N2O6/c1-13-23-24(15-5-7-18(29)21(12-15)32-3)25-17(27-26(23)34-28-13)9-16(10-19(25)30)14-6-8-20(31-2)22(11-14)33-4/h5-8,11-12,16,24,27,29H,9-10H2,1-4H3. The minimum Gasteiger partial charge on any atom is -0.504 e. The van der Waals surface area contributed by atoms with Crippen molar-refractivity contribution < 1.29 is 28.6 Å². The summed E-state index contributed by atoms with van der Waals surface area (Å²) in [5.74, 6) is 1.86. The van der Waals surface area contributed by atoms with Gasteiger partial charge in [0.2, 0.25) is 5.88 Å². The Bertz CT molecular complexity index is 1310. The number of ketones is 1. The predicted octanol–water partition coefficient (Wildman–Crippen LogP) is 4.67. The molecule has 2 atom stereocenters. The maximum Gasteiger partial charge on any atom is 0.233 e. The van der Waals surface area contributed by atoms with E-state index in [0.717, 1.165) is 22.4 Å². The molecule has 2 aliphatic rings. The Morgan fingerprint density at radius 3 is 2.41 bits per heavy atom. The predicted molar refractivity (Wildman–Crippen MR) is 125 cm³/mol.